The molecule has 0 bridgehead atoms. The molecule has 0 saturated carbocycles. The van der Waals surface area contributed by atoms with Gasteiger partial charge < -0.3 is 20.3 Å². The highest BCUT2D eigenvalue weighted by molar-refractivity contribution is 5.87. The molecule has 0 spiro atoms. The zero-order chi connectivity index (χ0) is 12.7. The van der Waals surface area contributed by atoms with Crippen molar-refractivity contribution >= 4 is 11.9 Å². The van der Waals surface area contributed by atoms with Gasteiger partial charge in [-0.3, -0.25) is 0 Å². The first-order valence-corrected chi connectivity index (χ1v) is 4.91. The number of hydrogen-bond donors (Lipinski definition) is 3. The molecule has 0 aliphatic heterocycles. The zero-order valence-corrected chi connectivity index (χ0v) is 9.56. The van der Waals surface area contributed by atoms with Gasteiger partial charge in [-0.05, 0) is 20.8 Å². The van der Waals surface area contributed by atoms with Gasteiger partial charge in [0, 0.05) is 11.8 Å². The van der Waals surface area contributed by atoms with Crippen LogP contribution >= 0.6 is 0 Å². The highest BCUT2D eigenvalue weighted by Gasteiger charge is 2.21. The molecule has 6 nitrogen and oxygen atoms in total. The van der Waals surface area contributed by atoms with Crippen molar-refractivity contribution in [3.63, 3.8) is 0 Å². The third-order valence-electron chi connectivity index (χ3n) is 1.83. The third-order valence-corrected chi connectivity index (χ3v) is 1.83. The number of ether oxygens (including phenoxy) is 1. The SMILES string of the molecule is CCOC(=O)C(C)=CN[C@H](C(=O)O)[C@@H](C)O. The third kappa shape index (κ3) is 4.79. The minimum absolute atomic E-state index is 0.244. The van der Waals surface area contributed by atoms with E-state index in [0.717, 1.165) is 0 Å². The van der Waals surface area contributed by atoms with Gasteiger partial charge >= 0.3 is 11.9 Å². The highest BCUT2D eigenvalue weighted by atomic mass is 16.5. The maximum atomic E-state index is 11.2. The number of aliphatic carboxylic acids is 1. The van der Waals surface area contributed by atoms with E-state index in [1.807, 2.05) is 0 Å². The molecule has 0 aliphatic rings. The van der Waals surface area contributed by atoms with Crippen LogP contribution in [-0.4, -0.2) is 40.9 Å². The van der Waals surface area contributed by atoms with Gasteiger partial charge in [0.05, 0.1) is 12.7 Å². The molecule has 0 aliphatic carbocycles. The molecule has 0 heterocycles. The van der Waals surface area contributed by atoms with Gasteiger partial charge in [0.25, 0.3) is 0 Å². The van der Waals surface area contributed by atoms with Gasteiger partial charge in [0.1, 0.15) is 6.04 Å². The first kappa shape index (κ1) is 14.4. The smallest absolute Gasteiger partial charge is 0.335 e. The van der Waals surface area contributed by atoms with Crippen molar-refractivity contribution in [2.75, 3.05) is 6.61 Å². The van der Waals surface area contributed by atoms with E-state index in [2.05, 4.69) is 5.32 Å². The van der Waals surface area contributed by atoms with E-state index in [1.54, 1.807) is 6.92 Å². The van der Waals surface area contributed by atoms with Gasteiger partial charge in [-0.15, -0.1) is 0 Å². The lowest BCUT2D eigenvalue weighted by atomic mass is 10.2. The van der Waals surface area contributed by atoms with Gasteiger partial charge in [-0.1, -0.05) is 0 Å². The van der Waals surface area contributed by atoms with Crippen molar-refractivity contribution < 1.29 is 24.5 Å². The Hall–Kier alpha value is -1.56. The summed E-state index contributed by atoms with van der Waals surface area (Å²) in [5.41, 5.74) is 0.244. The quantitative estimate of drug-likeness (QED) is 0.435. The van der Waals surface area contributed by atoms with Crippen LogP contribution in [0.5, 0.6) is 0 Å². The lowest BCUT2D eigenvalue weighted by Gasteiger charge is -2.15. The van der Waals surface area contributed by atoms with Gasteiger partial charge in [0.15, 0.2) is 0 Å². The summed E-state index contributed by atoms with van der Waals surface area (Å²) in [4.78, 5) is 21.8. The molecule has 6 heteroatoms. The molecule has 0 saturated heterocycles. The Morgan fingerprint density at radius 3 is 2.44 bits per heavy atom. The number of nitrogens with one attached hydrogen (secondary N) is 1. The second-order valence-electron chi connectivity index (χ2n) is 3.27. The molecule has 0 rings (SSSR count). The Balaban J connectivity index is 4.43. The number of carbonyl (C=O) groups is 2. The number of esters is 1. The average Bonchev–Trinajstić information content (AvgIpc) is 2.16. The van der Waals surface area contributed by atoms with E-state index >= 15 is 0 Å². The first-order valence-electron chi connectivity index (χ1n) is 4.91. The van der Waals surface area contributed by atoms with Gasteiger partial charge in [0.2, 0.25) is 0 Å². The fraction of sp³-hybridized carbons (Fsp3) is 0.600. The number of aliphatic hydroxyl groups excluding tert-OH is 1. The summed E-state index contributed by atoms with van der Waals surface area (Å²) in [6.07, 6.45) is 0.160. The summed E-state index contributed by atoms with van der Waals surface area (Å²) in [7, 11) is 0. The van der Waals surface area contributed by atoms with E-state index in [-0.39, 0.29) is 12.2 Å². The van der Waals surface area contributed by atoms with Gasteiger partial charge in [-0.25, -0.2) is 9.59 Å². The van der Waals surface area contributed by atoms with Crippen LogP contribution in [0.2, 0.25) is 0 Å². The minimum atomic E-state index is -1.19. The number of rotatable bonds is 6. The van der Waals surface area contributed by atoms with E-state index in [1.165, 1.54) is 20.0 Å². The van der Waals surface area contributed by atoms with Crippen LogP contribution < -0.4 is 5.32 Å². The summed E-state index contributed by atoms with van der Waals surface area (Å²) >= 11 is 0. The molecule has 2 atom stereocenters. The Morgan fingerprint density at radius 1 is 1.50 bits per heavy atom. The van der Waals surface area contributed by atoms with Crippen LogP contribution in [0.4, 0.5) is 0 Å². The molecule has 0 aromatic rings. The monoisotopic (exact) mass is 231 g/mol. The topological polar surface area (TPSA) is 95.9 Å². The minimum Gasteiger partial charge on any atom is -0.480 e. The van der Waals surface area contributed by atoms with E-state index in [9.17, 15) is 9.59 Å². The van der Waals surface area contributed by atoms with Crippen molar-refractivity contribution in [1.82, 2.24) is 5.32 Å². The van der Waals surface area contributed by atoms with Gasteiger partial charge in [-0.2, -0.15) is 0 Å². The maximum absolute atomic E-state index is 11.2. The molecule has 3 N–H and O–H groups in total. The number of carboxylic acid groups (broad SMARTS) is 1. The standard InChI is InChI=1S/C10H17NO5/c1-4-16-10(15)6(2)5-11-8(7(3)12)9(13)14/h5,7-8,11-12H,4H2,1-3H3,(H,13,14)/t7-,8+/m1/s1. The first-order chi connectivity index (χ1) is 7.40. The molecule has 92 valence electrons. The fourth-order valence-electron chi connectivity index (χ4n) is 0.936. The molecular formula is C10H17NO5. The number of carbonyl (C=O) groups excluding carboxylic acids is 1. The van der Waals surface area contributed by atoms with Crippen LogP contribution in [0.15, 0.2) is 11.8 Å². The van der Waals surface area contributed by atoms with E-state index < -0.39 is 24.1 Å². The molecule has 0 aromatic carbocycles. The highest BCUT2D eigenvalue weighted by Crippen LogP contribution is 1.98. The molecule has 16 heavy (non-hydrogen) atoms. The summed E-state index contributed by atoms with van der Waals surface area (Å²) in [5.74, 6) is -1.72. The Morgan fingerprint density at radius 2 is 2.06 bits per heavy atom. The molecule has 0 unspecified atom stereocenters. The van der Waals surface area contributed by atoms with Crippen molar-refractivity contribution in [2.24, 2.45) is 0 Å². The lowest BCUT2D eigenvalue weighted by Crippen LogP contribution is -2.42. The van der Waals surface area contributed by atoms with Crippen LogP contribution in [0.3, 0.4) is 0 Å². The maximum Gasteiger partial charge on any atom is 0.335 e. The van der Waals surface area contributed by atoms with Crippen molar-refractivity contribution in [1.29, 1.82) is 0 Å². The lowest BCUT2D eigenvalue weighted by molar-refractivity contribution is -0.142. The molecule has 0 radical (unpaired) electrons. The zero-order valence-electron chi connectivity index (χ0n) is 9.56. The summed E-state index contributed by atoms with van der Waals surface area (Å²) in [6.45, 7) is 4.77. The van der Waals surface area contributed by atoms with Crippen LogP contribution in [-0.2, 0) is 14.3 Å². The van der Waals surface area contributed by atoms with Crippen molar-refractivity contribution in [3.05, 3.63) is 11.8 Å². The molecule has 0 fully saturated rings. The number of carboxylic acids is 1. The molecule has 0 amide bonds. The Labute approximate surface area is 93.9 Å². The van der Waals surface area contributed by atoms with Crippen LogP contribution in [0.25, 0.3) is 0 Å². The summed E-state index contributed by atoms with van der Waals surface area (Å²) < 4.78 is 4.70. The second kappa shape index (κ2) is 6.84. The molecule has 0 aromatic heterocycles. The predicted molar refractivity (Wildman–Crippen MR) is 56.6 cm³/mol. The fourth-order valence-corrected chi connectivity index (χ4v) is 0.936. The number of aliphatic hydroxyl groups is 1. The molecular weight excluding hydrogens is 214 g/mol. The van der Waals surface area contributed by atoms with Crippen LogP contribution in [0, 0.1) is 0 Å². The van der Waals surface area contributed by atoms with Crippen LogP contribution in [0.1, 0.15) is 20.8 Å². The number of hydrogen-bond acceptors (Lipinski definition) is 5. The van der Waals surface area contributed by atoms with Crippen molar-refractivity contribution in [2.45, 2.75) is 32.9 Å². The second-order valence-corrected chi connectivity index (χ2v) is 3.27. The Kier molecular flexibility index (Phi) is 6.17. The normalized spacial score (nSPS) is 15.1. The largest absolute Gasteiger partial charge is 0.480 e. The van der Waals surface area contributed by atoms with E-state index in [4.69, 9.17) is 14.9 Å². The Bertz CT molecular complexity index is 285. The summed E-state index contributed by atoms with van der Waals surface area (Å²) in [6, 6.07) is -1.15. The van der Waals surface area contributed by atoms with Crippen molar-refractivity contribution in [3.8, 4) is 0 Å². The average molecular weight is 231 g/mol. The summed E-state index contributed by atoms with van der Waals surface area (Å²) in [5, 5.41) is 20.3. The predicted octanol–water partition coefficient (Wildman–Crippen LogP) is -0.123. The van der Waals surface area contributed by atoms with E-state index in [0.29, 0.717) is 0 Å².